The van der Waals surface area contributed by atoms with Crippen LogP contribution in [0.4, 0.5) is 4.79 Å². The van der Waals surface area contributed by atoms with Crippen LogP contribution < -0.4 is 10.6 Å². The molecule has 0 aliphatic carbocycles. The molecule has 2 aromatic rings. The number of carbonyl (C=O) groups excluding carboxylic acids is 2. The molecule has 0 aliphatic heterocycles. The summed E-state index contributed by atoms with van der Waals surface area (Å²) in [6, 6.07) is 5.51. The fourth-order valence-electron chi connectivity index (χ4n) is 2.22. The lowest BCUT2D eigenvalue weighted by molar-refractivity contribution is -0.120. The van der Waals surface area contributed by atoms with E-state index in [0.717, 1.165) is 16.5 Å². The Morgan fingerprint density at radius 3 is 2.62 bits per heavy atom. The summed E-state index contributed by atoms with van der Waals surface area (Å²) in [5.41, 5.74) is 1.27. The third-order valence-electron chi connectivity index (χ3n) is 3.20. The van der Waals surface area contributed by atoms with Gasteiger partial charge in [-0.05, 0) is 38.5 Å². The summed E-state index contributed by atoms with van der Waals surface area (Å²) in [4.78, 5) is 26.6. The quantitative estimate of drug-likeness (QED) is 0.724. The SMILES string of the molecule is CC(C)(C)OC(=O)NCCNC(=O)Cc1c[nH]c2cc(Cl)ccc12. The number of ether oxygens (including phenoxy) is 1. The number of hydrogen-bond donors (Lipinski definition) is 3. The molecule has 0 unspecified atom stereocenters. The molecule has 0 spiro atoms. The van der Waals surface area contributed by atoms with Gasteiger partial charge in [-0.1, -0.05) is 17.7 Å². The fraction of sp³-hybridized carbons (Fsp3) is 0.412. The predicted octanol–water partition coefficient (Wildman–Crippen LogP) is 3.00. The number of nitrogens with one attached hydrogen (secondary N) is 3. The van der Waals surface area contributed by atoms with Crippen molar-refractivity contribution >= 4 is 34.5 Å². The van der Waals surface area contributed by atoms with Crippen LogP contribution in [0.15, 0.2) is 24.4 Å². The minimum atomic E-state index is -0.536. The molecule has 0 aliphatic rings. The molecule has 0 fully saturated rings. The van der Waals surface area contributed by atoms with E-state index < -0.39 is 11.7 Å². The Morgan fingerprint density at radius 1 is 1.21 bits per heavy atom. The molecule has 0 saturated carbocycles. The highest BCUT2D eigenvalue weighted by molar-refractivity contribution is 6.31. The summed E-state index contributed by atoms with van der Waals surface area (Å²) in [6.45, 7) is 6.03. The number of rotatable bonds is 5. The molecule has 0 radical (unpaired) electrons. The largest absolute Gasteiger partial charge is 0.444 e. The first-order chi connectivity index (χ1) is 11.2. The zero-order valence-electron chi connectivity index (χ0n) is 14.0. The van der Waals surface area contributed by atoms with Crippen molar-refractivity contribution in [1.29, 1.82) is 0 Å². The molecule has 0 atom stereocenters. The van der Waals surface area contributed by atoms with Gasteiger partial charge >= 0.3 is 6.09 Å². The first kappa shape index (κ1) is 18.1. The van der Waals surface area contributed by atoms with Gasteiger partial charge < -0.3 is 20.4 Å². The molecule has 3 N–H and O–H groups in total. The second-order valence-electron chi connectivity index (χ2n) is 6.46. The Hall–Kier alpha value is -2.21. The number of aromatic nitrogens is 1. The standard InChI is InChI=1S/C17H22ClN3O3/c1-17(2,3)24-16(23)20-7-6-19-15(22)8-11-10-21-14-9-12(18)4-5-13(11)14/h4-5,9-10,21H,6-8H2,1-3H3,(H,19,22)(H,20,23). The van der Waals surface area contributed by atoms with Crippen LogP contribution in [0, 0.1) is 0 Å². The van der Waals surface area contributed by atoms with Crippen LogP contribution in [-0.2, 0) is 16.0 Å². The van der Waals surface area contributed by atoms with Crippen molar-refractivity contribution in [3.05, 3.63) is 35.0 Å². The summed E-state index contributed by atoms with van der Waals surface area (Å²) >= 11 is 5.94. The van der Waals surface area contributed by atoms with Gasteiger partial charge in [-0.25, -0.2) is 4.79 Å². The summed E-state index contributed by atoms with van der Waals surface area (Å²) < 4.78 is 5.11. The van der Waals surface area contributed by atoms with Crippen LogP contribution >= 0.6 is 11.6 Å². The highest BCUT2D eigenvalue weighted by atomic mass is 35.5. The van der Waals surface area contributed by atoms with Crippen molar-refractivity contribution in [2.75, 3.05) is 13.1 Å². The summed E-state index contributed by atoms with van der Waals surface area (Å²) in [7, 11) is 0. The Kier molecular flexibility index (Phi) is 5.72. The molecule has 0 bridgehead atoms. The molecule has 2 amide bonds. The molecule has 0 saturated heterocycles. The molecule has 1 aromatic carbocycles. The van der Waals surface area contributed by atoms with Gasteiger partial charge in [0.05, 0.1) is 6.42 Å². The van der Waals surface area contributed by atoms with Gasteiger partial charge in [0.1, 0.15) is 5.60 Å². The highest BCUT2D eigenvalue weighted by Crippen LogP contribution is 2.22. The molecule has 1 heterocycles. The molecule has 7 heteroatoms. The van der Waals surface area contributed by atoms with Gasteiger partial charge in [0.25, 0.3) is 0 Å². The van der Waals surface area contributed by atoms with Gasteiger partial charge in [-0.2, -0.15) is 0 Å². The molecule has 2 rings (SSSR count). The molecular formula is C17H22ClN3O3. The van der Waals surface area contributed by atoms with Crippen LogP contribution in [0.1, 0.15) is 26.3 Å². The number of fused-ring (bicyclic) bond motifs is 1. The van der Waals surface area contributed by atoms with Crippen LogP contribution in [-0.4, -0.2) is 35.7 Å². The molecule has 24 heavy (non-hydrogen) atoms. The van der Waals surface area contributed by atoms with E-state index in [0.29, 0.717) is 18.1 Å². The van der Waals surface area contributed by atoms with E-state index >= 15 is 0 Å². The van der Waals surface area contributed by atoms with Crippen molar-refractivity contribution in [1.82, 2.24) is 15.6 Å². The van der Waals surface area contributed by atoms with Crippen LogP contribution in [0.2, 0.25) is 5.02 Å². The van der Waals surface area contributed by atoms with E-state index in [1.54, 1.807) is 33.0 Å². The van der Waals surface area contributed by atoms with Crippen molar-refractivity contribution in [2.45, 2.75) is 32.8 Å². The number of H-pyrrole nitrogens is 1. The minimum absolute atomic E-state index is 0.114. The van der Waals surface area contributed by atoms with E-state index in [1.165, 1.54) is 0 Å². The Bertz CT molecular complexity index is 734. The van der Waals surface area contributed by atoms with Gasteiger partial charge in [-0.15, -0.1) is 0 Å². The monoisotopic (exact) mass is 351 g/mol. The average molecular weight is 352 g/mol. The lowest BCUT2D eigenvalue weighted by Crippen LogP contribution is -2.38. The third-order valence-corrected chi connectivity index (χ3v) is 3.43. The van der Waals surface area contributed by atoms with Crippen molar-refractivity contribution in [2.24, 2.45) is 0 Å². The van der Waals surface area contributed by atoms with Gasteiger partial charge in [0, 0.05) is 35.2 Å². The number of benzene rings is 1. The van der Waals surface area contributed by atoms with E-state index in [9.17, 15) is 9.59 Å². The number of alkyl carbamates (subject to hydrolysis) is 1. The minimum Gasteiger partial charge on any atom is -0.444 e. The fourth-order valence-corrected chi connectivity index (χ4v) is 2.39. The lowest BCUT2D eigenvalue weighted by Gasteiger charge is -2.19. The van der Waals surface area contributed by atoms with Crippen molar-refractivity contribution in [3.63, 3.8) is 0 Å². The Balaban J connectivity index is 1.76. The molecule has 130 valence electrons. The Morgan fingerprint density at radius 2 is 1.92 bits per heavy atom. The van der Waals surface area contributed by atoms with E-state index in [4.69, 9.17) is 16.3 Å². The van der Waals surface area contributed by atoms with Gasteiger partial charge in [-0.3, -0.25) is 4.79 Å². The predicted molar refractivity (Wildman–Crippen MR) is 94.3 cm³/mol. The maximum Gasteiger partial charge on any atom is 0.407 e. The van der Waals surface area contributed by atoms with Crippen LogP contribution in [0.5, 0.6) is 0 Å². The third kappa shape index (κ3) is 5.45. The summed E-state index contributed by atoms with van der Waals surface area (Å²) in [6.07, 6.45) is 1.57. The van der Waals surface area contributed by atoms with Gasteiger partial charge in [0.15, 0.2) is 0 Å². The van der Waals surface area contributed by atoms with Crippen molar-refractivity contribution < 1.29 is 14.3 Å². The number of amides is 2. The second-order valence-corrected chi connectivity index (χ2v) is 6.90. The number of aromatic amines is 1. The smallest absolute Gasteiger partial charge is 0.407 e. The zero-order chi connectivity index (χ0) is 17.7. The normalized spacial score (nSPS) is 11.3. The highest BCUT2D eigenvalue weighted by Gasteiger charge is 2.15. The van der Waals surface area contributed by atoms with Crippen LogP contribution in [0.25, 0.3) is 10.9 Å². The summed E-state index contributed by atoms with van der Waals surface area (Å²) in [5.74, 6) is -0.114. The first-order valence-electron chi connectivity index (χ1n) is 7.74. The van der Waals surface area contributed by atoms with Crippen molar-refractivity contribution in [3.8, 4) is 0 Å². The Labute approximate surface area is 145 Å². The number of hydrogen-bond acceptors (Lipinski definition) is 3. The van der Waals surface area contributed by atoms with E-state index in [1.807, 2.05) is 12.1 Å². The molecular weight excluding hydrogens is 330 g/mol. The topological polar surface area (TPSA) is 83.2 Å². The average Bonchev–Trinajstić information content (AvgIpc) is 2.84. The zero-order valence-corrected chi connectivity index (χ0v) is 14.8. The van der Waals surface area contributed by atoms with Crippen LogP contribution in [0.3, 0.4) is 0 Å². The maximum atomic E-state index is 12.0. The second kappa shape index (κ2) is 7.57. The van der Waals surface area contributed by atoms with E-state index in [-0.39, 0.29) is 12.3 Å². The number of halogens is 1. The lowest BCUT2D eigenvalue weighted by atomic mass is 10.1. The number of carbonyl (C=O) groups is 2. The summed E-state index contributed by atoms with van der Waals surface area (Å²) in [5, 5.41) is 6.98. The first-order valence-corrected chi connectivity index (χ1v) is 8.11. The maximum absolute atomic E-state index is 12.0. The molecule has 6 nitrogen and oxygen atoms in total. The molecule has 1 aromatic heterocycles. The van der Waals surface area contributed by atoms with Gasteiger partial charge in [0.2, 0.25) is 5.91 Å². The van der Waals surface area contributed by atoms with E-state index in [2.05, 4.69) is 15.6 Å².